The molecule has 0 aliphatic heterocycles. The minimum atomic E-state index is -0.0203. The maximum absolute atomic E-state index is 10.9. The Bertz CT molecular complexity index is 344. The van der Waals surface area contributed by atoms with Gasteiger partial charge < -0.3 is 15.0 Å². The zero-order valence-electron chi connectivity index (χ0n) is 8.32. The number of benzene rings is 1. The molecule has 0 spiro atoms. The van der Waals surface area contributed by atoms with Gasteiger partial charge in [0.25, 0.3) is 0 Å². The van der Waals surface area contributed by atoms with Crippen LogP contribution in [0.1, 0.15) is 31.7 Å². The fourth-order valence-corrected chi connectivity index (χ4v) is 1.49. The van der Waals surface area contributed by atoms with Gasteiger partial charge in [0.05, 0.1) is 0 Å². The first-order chi connectivity index (χ1) is 6.50. The zero-order valence-corrected chi connectivity index (χ0v) is 8.32. The average Bonchev–Trinajstić information content (AvgIpc) is 2.01. The quantitative estimate of drug-likeness (QED) is 0.775. The van der Waals surface area contributed by atoms with Gasteiger partial charge in [0, 0.05) is 12.5 Å². The Kier molecular flexibility index (Phi) is 3.12. The number of Topliss-reactive ketones (excluding diaryl/α,β-unsaturated/α-hetero) is 1. The monoisotopic (exact) mass is 194 g/mol. The van der Waals surface area contributed by atoms with Gasteiger partial charge in [0.1, 0.15) is 17.3 Å². The molecule has 0 radical (unpaired) electrons. The Balaban J connectivity index is 2.90. The SMILES string of the molecule is CC(=O)CC(C)c1ccc(O)cc1O. The number of hydrogen-bond acceptors (Lipinski definition) is 3. The fraction of sp³-hybridized carbons (Fsp3) is 0.364. The van der Waals surface area contributed by atoms with Crippen molar-refractivity contribution in [2.24, 2.45) is 0 Å². The smallest absolute Gasteiger partial charge is 0.130 e. The summed E-state index contributed by atoms with van der Waals surface area (Å²) < 4.78 is 0. The maximum Gasteiger partial charge on any atom is 0.130 e. The molecule has 76 valence electrons. The molecule has 1 aromatic carbocycles. The molecule has 0 saturated carbocycles. The van der Waals surface area contributed by atoms with Crippen LogP contribution in [-0.4, -0.2) is 16.0 Å². The first-order valence-corrected chi connectivity index (χ1v) is 4.52. The topological polar surface area (TPSA) is 57.5 Å². The van der Waals surface area contributed by atoms with E-state index in [2.05, 4.69) is 0 Å². The number of aromatic hydroxyl groups is 2. The van der Waals surface area contributed by atoms with Crippen molar-refractivity contribution in [3.63, 3.8) is 0 Å². The highest BCUT2D eigenvalue weighted by atomic mass is 16.3. The lowest BCUT2D eigenvalue weighted by Crippen LogP contribution is -2.00. The predicted octanol–water partition coefficient (Wildman–Crippen LogP) is 2.18. The molecule has 14 heavy (non-hydrogen) atoms. The summed E-state index contributed by atoms with van der Waals surface area (Å²) in [5.74, 6) is 0.137. The van der Waals surface area contributed by atoms with E-state index in [1.807, 2.05) is 6.92 Å². The van der Waals surface area contributed by atoms with E-state index < -0.39 is 0 Å². The molecule has 2 N–H and O–H groups in total. The molecular formula is C11H14O3. The molecule has 0 aliphatic carbocycles. The number of rotatable bonds is 3. The molecule has 0 amide bonds. The second-order valence-corrected chi connectivity index (χ2v) is 3.55. The lowest BCUT2D eigenvalue weighted by Gasteiger charge is -2.11. The summed E-state index contributed by atoms with van der Waals surface area (Å²) in [4.78, 5) is 10.9. The van der Waals surface area contributed by atoms with E-state index in [4.69, 9.17) is 5.11 Å². The highest BCUT2D eigenvalue weighted by molar-refractivity contribution is 5.76. The Hall–Kier alpha value is -1.51. The van der Waals surface area contributed by atoms with E-state index >= 15 is 0 Å². The highest BCUT2D eigenvalue weighted by Crippen LogP contribution is 2.30. The first kappa shape index (κ1) is 10.6. The van der Waals surface area contributed by atoms with Crippen molar-refractivity contribution in [3.8, 4) is 11.5 Å². The van der Waals surface area contributed by atoms with Crippen molar-refractivity contribution in [1.29, 1.82) is 0 Å². The van der Waals surface area contributed by atoms with Crippen molar-refractivity contribution >= 4 is 5.78 Å². The molecule has 1 aromatic rings. The van der Waals surface area contributed by atoms with Crippen LogP contribution in [0, 0.1) is 0 Å². The van der Waals surface area contributed by atoms with Gasteiger partial charge in [-0.15, -0.1) is 0 Å². The number of phenolic OH excluding ortho intramolecular Hbond substituents is 2. The first-order valence-electron chi connectivity index (χ1n) is 4.52. The second-order valence-electron chi connectivity index (χ2n) is 3.55. The van der Waals surface area contributed by atoms with E-state index in [0.29, 0.717) is 12.0 Å². The Morgan fingerprint density at radius 1 is 1.43 bits per heavy atom. The van der Waals surface area contributed by atoms with Crippen molar-refractivity contribution < 1.29 is 15.0 Å². The Morgan fingerprint density at radius 2 is 2.07 bits per heavy atom. The van der Waals surface area contributed by atoms with Crippen LogP contribution < -0.4 is 0 Å². The van der Waals surface area contributed by atoms with Crippen molar-refractivity contribution in [3.05, 3.63) is 23.8 Å². The maximum atomic E-state index is 10.9. The molecule has 1 atom stereocenters. The molecule has 0 heterocycles. The summed E-state index contributed by atoms with van der Waals surface area (Å²) >= 11 is 0. The molecule has 0 bridgehead atoms. The van der Waals surface area contributed by atoms with Crippen LogP contribution >= 0.6 is 0 Å². The highest BCUT2D eigenvalue weighted by Gasteiger charge is 2.12. The summed E-state index contributed by atoms with van der Waals surface area (Å²) in [6.45, 7) is 3.39. The Labute approximate surface area is 83.0 Å². The molecule has 0 fully saturated rings. The number of carbonyl (C=O) groups is 1. The third-order valence-electron chi connectivity index (χ3n) is 2.14. The van der Waals surface area contributed by atoms with E-state index in [1.165, 1.54) is 19.1 Å². The van der Waals surface area contributed by atoms with Gasteiger partial charge >= 0.3 is 0 Å². The van der Waals surface area contributed by atoms with Crippen molar-refractivity contribution in [2.45, 2.75) is 26.2 Å². The molecular weight excluding hydrogens is 180 g/mol. The lowest BCUT2D eigenvalue weighted by molar-refractivity contribution is -0.117. The standard InChI is InChI=1S/C11H14O3/c1-7(5-8(2)12)10-4-3-9(13)6-11(10)14/h3-4,6-7,13-14H,5H2,1-2H3. The lowest BCUT2D eigenvalue weighted by atomic mass is 9.95. The minimum Gasteiger partial charge on any atom is -0.508 e. The summed E-state index contributed by atoms with van der Waals surface area (Å²) in [7, 11) is 0. The molecule has 1 unspecified atom stereocenters. The largest absolute Gasteiger partial charge is 0.508 e. The van der Waals surface area contributed by atoms with Gasteiger partial charge in [-0.1, -0.05) is 13.0 Å². The van der Waals surface area contributed by atoms with Gasteiger partial charge in [-0.3, -0.25) is 0 Å². The number of carbonyl (C=O) groups excluding carboxylic acids is 1. The van der Waals surface area contributed by atoms with Crippen molar-refractivity contribution in [2.75, 3.05) is 0 Å². The van der Waals surface area contributed by atoms with Crippen molar-refractivity contribution in [1.82, 2.24) is 0 Å². The summed E-state index contributed by atoms with van der Waals surface area (Å²) in [6.07, 6.45) is 0.401. The summed E-state index contributed by atoms with van der Waals surface area (Å²) in [6, 6.07) is 4.43. The average molecular weight is 194 g/mol. The zero-order chi connectivity index (χ0) is 10.7. The Morgan fingerprint density at radius 3 is 2.57 bits per heavy atom. The molecule has 1 rings (SSSR count). The third kappa shape index (κ3) is 2.49. The van der Waals surface area contributed by atoms with Gasteiger partial charge in [0.2, 0.25) is 0 Å². The minimum absolute atomic E-state index is 0.0203. The fourth-order valence-electron chi connectivity index (χ4n) is 1.49. The van der Waals surface area contributed by atoms with Crippen LogP contribution in [0.4, 0.5) is 0 Å². The molecule has 0 saturated heterocycles. The van der Waals surface area contributed by atoms with Crippen LogP contribution in [0.15, 0.2) is 18.2 Å². The van der Waals surface area contributed by atoms with E-state index in [9.17, 15) is 9.90 Å². The third-order valence-corrected chi connectivity index (χ3v) is 2.14. The summed E-state index contributed by atoms with van der Waals surface area (Å²) in [5, 5.41) is 18.6. The molecule has 3 nitrogen and oxygen atoms in total. The van der Waals surface area contributed by atoms with Gasteiger partial charge in [0.15, 0.2) is 0 Å². The molecule has 0 aromatic heterocycles. The van der Waals surface area contributed by atoms with Crippen LogP contribution in [0.5, 0.6) is 11.5 Å². The number of ketones is 1. The second kappa shape index (κ2) is 4.13. The van der Waals surface area contributed by atoms with E-state index in [-0.39, 0.29) is 23.2 Å². The summed E-state index contributed by atoms with van der Waals surface area (Å²) in [5.41, 5.74) is 0.693. The van der Waals surface area contributed by atoms with Crippen LogP contribution in [0.25, 0.3) is 0 Å². The van der Waals surface area contributed by atoms with Gasteiger partial charge in [-0.25, -0.2) is 0 Å². The van der Waals surface area contributed by atoms with E-state index in [1.54, 1.807) is 6.07 Å². The number of hydrogen-bond donors (Lipinski definition) is 2. The van der Waals surface area contributed by atoms with Gasteiger partial charge in [-0.05, 0) is 24.5 Å². The molecule has 3 heteroatoms. The normalized spacial score (nSPS) is 12.4. The number of phenols is 2. The predicted molar refractivity (Wildman–Crippen MR) is 53.5 cm³/mol. The molecule has 0 aliphatic rings. The van der Waals surface area contributed by atoms with Crippen LogP contribution in [0.2, 0.25) is 0 Å². The van der Waals surface area contributed by atoms with Crippen LogP contribution in [0.3, 0.4) is 0 Å². The van der Waals surface area contributed by atoms with Crippen LogP contribution in [-0.2, 0) is 4.79 Å². The van der Waals surface area contributed by atoms with Gasteiger partial charge in [-0.2, -0.15) is 0 Å². The van der Waals surface area contributed by atoms with E-state index in [0.717, 1.165) is 0 Å².